The minimum absolute atomic E-state index is 0.0805. The van der Waals surface area contributed by atoms with Crippen molar-refractivity contribution in [2.75, 3.05) is 11.8 Å². The average Bonchev–Trinajstić information content (AvgIpc) is 2.49. The summed E-state index contributed by atoms with van der Waals surface area (Å²) < 4.78 is 0. The molecule has 20 heavy (non-hydrogen) atoms. The van der Waals surface area contributed by atoms with E-state index in [0.29, 0.717) is 17.7 Å². The second-order valence-electron chi connectivity index (χ2n) is 5.98. The van der Waals surface area contributed by atoms with Crippen LogP contribution >= 0.6 is 23.2 Å². The molecule has 0 spiro atoms. The minimum Gasteiger partial charge on any atom is -0.126 e. The summed E-state index contributed by atoms with van der Waals surface area (Å²) in [6.45, 7) is 6.70. The number of aryl methyl sites for hydroxylation is 1. The first kappa shape index (κ1) is 17.9. The first-order valence-electron chi connectivity index (χ1n) is 7.81. The van der Waals surface area contributed by atoms with Gasteiger partial charge in [-0.3, -0.25) is 0 Å². The van der Waals surface area contributed by atoms with Gasteiger partial charge in [0.1, 0.15) is 0 Å². The van der Waals surface area contributed by atoms with E-state index in [-0.39, 0.29) is 5.41 Å². The monoisotopic (exact) mass is 314 g/mol. The van der Waals surface area contributed by atoms with Crippen LogP contribution in [0.15, 0.2) is 24.3 Å². The molecule has 0 saturated carbocycles. The van der Waals surface area contributed by atoms with Crippen LogP contribution in [0.3, 0.4) is 0 Å². The third-order valence-corrected chi connectivity index (χ3v) is 5.47. The molecule has 114 valence electrons. The third kappa shape index (κ3) is 4.40. The van der Waals surface area contributed by atoms with Crippen LogP contribution in [-0.4, -0.2) is 11.8 Å². The van der Waals surface area contributed by atoms with Gasteiger partial charge >= 0.3 is 0 Å². The zero-order valence-electron chi connectivity index (χ0n) is 13.1. The van der Waals surface area contributed by atoms with E-state index in [1.54, 1.807) is 0 Å². The quantitative estimate of drug-likeness (QED) is 0.468. The van der Waals surface area contributed by atoms with Gasteiger partial charge in [0.2, 0.25) is 0 Å². The lowest BCUT2D eigenvalue weighted by Crippen LogP contribution is -2.34. The van der Waals surface area contributed by atoms with Crippen LogP contribution in [-0.2, 0) is 5.41 Å². The van der Waals surface area contributed by atoms with E-state index in [1.165, 1.54) is 36.8 Å². The maximum atomic E-state index is 6.38. The molecule has 0 aliphatic carbocycles. The highest BCUT2D eigenvalue weighted by Gasteiger charge is 2.34. The van der Waals surface area contributed by atoms with Crippen molar-refractivity contribution in [3.63, 3.8) is 0 Å². The summed E-state index contributed by atoms with van der Waals surface area (Å²) in [6, 6.07) is 8.55. The Labute approximate surface area is 134 Å². The Hall–Kier alpha value is -0.200. The first-order valence-corrected chi connectivity index (χ1v) is 8.88. The van der Waals surface area contributed by atoms with Crippen molar-refractivity contribution >= 4 is 23.2 Å². The van der Waals surface area contributed by atoms with Gasteiger partial charge in [-0.1, -0.05) is 63.8 Å². The van der Waals surface area contributed by atoms with Crippen molar-refractivity contribution in [3.05, 3.63) is 35.4 Å². The van der Waals surface area contributed by atoms with E-state index < -0.39 is 0 Å². The second-order valence-corrected chi connectivity index (χ2v) is 6.52. The third-order valence-electron chi connectivity index (χ3n) is 4.45. The maximum Gasteiger partial charge on any atom is 0.0332 e. The highest BCUT2D eigenvalue weighted by atomic mass is 35.5. The number of alkyl halides is 2. The van der Waals surface area contributed by atoms with Crippen LogP contribution in [0.4, 0.5) is 0 Å². The number of halogens is 2. The SMILES string of the molecule is CCCCC(CC)CC(CCl)(CCl)c1ccccc1C. The average molecular weight is 315 g/mol. The van der Waals surface area contributed by atoms with Crippen molar-refractivity contribution in [1.82, 2.24) is 0 Å². The summed E-state index contributed by atoms with van der Waals surface area (Å²) in [4.78, 5) is 0. The lowest BCUT2D eigenvalue weighted by Gasteiger charge is -2.35. The molecule has 0 aliphatic rings. The zero-order chi connectivity index (χ0) is 15.0. The molecule has 0 amide bonds. The highest BCUT2D eigenvalue weighted by Crippen LogP contribution is 2.38. The maximum absolute atomic E-state index is 6.38. The predicted molar refractivity (Wildman–Crippen MR) is 92.2 cm³/mol. The van der Waals surface area contributed by atoms with E-state index in [2.05, 4.69) is 45.0 Å². The van der Waals surface area contributed by atoms with E-state index in [9.17, 15) is 0 Å². The summed E-state index contributed by atoms with van der Waals surface area (Å²) in [5.41, 5.74) is 2.56. The van der Waals surface area contributed by atoms with Gasteiger partial charge in [-0.2, -0.15) is 0 Å². The Morgan fingerprint density at radius 2 is 1.75 bits per heavy atom. The van der Waals surface area contributed by atoms with Gasteiger partial charge in [0.05, 0.1) is 0 Å². The summed E-state index contributed by atoms with van der Waals surface area (Å²) in [5.74, 6) is 1.92. The molecule has 1 unspecified atom stereocenters. The summed E-state index contributed by atoms with van der Waals surface area (Å²) >= 11 is 12.8. The zero-order valence-corrected chi connectivity index (χ0v) is 14.6. The van der Waals surface area contributed by atoms with E-state index in [0.717, 1.165) is 6.42 Å². The normalized spacial score (nSPS) is 13.4. The number of hydrogen-bond donors (Lipinski definition) is 0. The van der Waals surface area contributed by atoms with Crippen LogP contribution in [0.25, 0.3) is 0 Å². The highest BCUT2D eigenvalue weighted by molar-refractivity contribution is 6.22. The van der Waals surface area contributed by atoms with Crippen LogP contribution in [0, 0.1) is 12.8 Å². The Bertz CT molecular complexity index is 383. The van der Waals surface area contributed by atoms with Gasteiger partial charge in [0.25, 0.3) is 0 Å². The fourth-order valence-electron chi connectivity index (χ4n) is 3.06. The Morgan fingerprint density at radius 1 is 1.10 bits per heavy atom. The molecule has 1 aromatic rings. The molecule has 0 aliphatic heterocycles. The fourth-order valence-corrected chi connectivity index (χ4v) is 3.85. The molecule has 1 aromatic carbocycles. The van der Waals surface area contributed by atoms with E-state index in [1.807, 2.05) is 0 Å². The molecule has 0 heterocycles. The second kappa shape index (κ2) is 8.95. The molecular formula is C18H28Cl2. The molecule has 0 aromatic heterocycles. The van der Waals surface area contributed by atoms with Gasteiger partial charge in [0.15, 0.2) is 0 Å². The van der Waals surface area contributed by atoms with Gasteiger partial charge in [-0.05, 0) is 30.4 Å². The molecule has 1 atom stereocenters. The summed E-state index contributed by atoms with van der Waals surface area (Å²) in [5, 5.41) is 0. The standard InChI is InChI=1S/C18H28Cl2/c1-4-6-10-16(5-2)12-18(13-19,14-20)17-11-8-7-9-15(17)3/h7-9,11,16H,4-6,10,12-14H2,1-3H3. The largest absolute Gasteiger partial charge is 0.126 e. The smallest absolute Gasteiger partial charge is 0.0332 e. The molecular weight excluding hydrogens is 287 g/mol. The number of hydrogen-bond acceptors (Lipinski definition) is 0. The molecule has 0 N–H and O–H groups in total. The van der Waals surface area contributed by atoms with Crippen LogP contribution < -0.4 is 0 Å². The van der Waals surface area contributed by atoms with Crippen molar-refractivity contribution in [1.29, 1.82) is 0 Å². The Kier molecular flexibility index (Phi) is 7.99. The van der Waals surface area contributed by atoms with Gasteiger partial charge in [-0.25, -0.2) is 0 Å². The van der Waals surface area contributed by atoms with Gasteiger partial charge in [0, 0.05) is 17.2 Å². The van der Waals surface area contributed by atoms with Gasteiger partial charge < -0.3 is 0 Å². The lowest BCUT2D eigenvalue weighted by atomic mass is 9.73. The van der Waals surface area contributed by atoms with Crippen molar-refractivity contribution in [2.24, 2.45) is 5.92 Å². The number of rotatable bonds is 9. The van der Waals surface area contributed by atoms with Crippen LogP contribution in [0.5, 0.6) is 0 Å². The van der Waals surface area contributed by atoms with Crippen molar-refractivity contribution in [2.45, 2.75) is 58.3 Å². The summed E-state index contributed by atoms with van der Waals surface area (Å²) in [6.07, 6.45) is 6.15. The van der Waals surface area contributed by atoms with Crippen LogP contribution in [0.1, 0.15) is 57.1 Å². The Morgan fingerprint density at radius 3 is 2.25 bits per heavy atom. The molecule has 0 saturated heterocycles. The number of benzene rings is 1. The fraction of sp³-hybridized carbons (Fsp3) is 0.667. The molecule has 1 rings (SSSR count). The van der Waals surface area contributed by atoms with Crippen molar-refractivity contribution in [3.8, 4) is 0 Å². The lowest BCUT2D eigenvalue weighted by molar-refractivity contribution is 0.332. The van der Waals surface area contributed by atoms with Crippen molar-refractivity contribution < 1.29 is 0 Å². The molecule has 0 nitrogen and oxygen atoms in total. The predicted octanol–water partition coefficient (Wildman–Crippen LogP) is 6.32. The molecule has 2 heteroatoms. The minimum atomic E-state index is -0.0805. The Balaban J connectivity index is 2.99. The van der Waals surface area contributed by atoms with E-state index >= 15 is 0 Å². The molecule has 0 radical (unpaired) electrons. The topological polar surface area (TPSA) is 0 Å². The molecule has 0 fully saturated rings. The van der Waals surface area contributed by atoms with E-state index in [4.69, 9.17) is 23.2 Å². The molecule has 0 bridgehead atoms. The number of unbranched alkanes of at least 4 members (excludes halogenated alkanes) is 1. The summed E-state index contributed by atoms with van der Waals surface area (Å²) in [7, 11) is 0. The van der Waals surface area contributed by atoms with Gasteiger partial charge in [-0.15, -0.1) is 23.2 Å². The van der Waals surface area contributed by atoms with Crippen LogP contribution in [0.2, 0.25) is 0 Å². The first-order chi connectivity index (χ1) is 9.63.